The van der Waals surface area contributed by atoms with E-state index in [0.29, 0.717) is 13.1 Å². The number of nitrogens with zero attached hydrogens (tertiary/aromatic N) is 4. The molecule has 1 saturated heterocycles. The number of carbonyl (C=O) groups is 1. The fourth-order valence-corrected chi connectivity index (χ4v) is 3.49. The maximum absolute atomic E-state index is 12.6. The molecule has 2 heterocycles. The van der Waals surface area contributed by atoms with Gasteiger partial charge in [-0.25, -0.2) is 9.97 Å². The van der Waals surface area contributed by atoms with E-state index in [-0.39, 0.29) is 18.4 Å². The van der Waals surface area contributed by atoms with Gasteiger partial charge in [0.05, 0.1) is 17.8 Å². The van der Waals surface area contributed by atoms with Gasteiger partial charge in [-0.1, -0.05) is 18.2 Å². The SMILES string of the molecule is CCN(CCO)C(=O)C1CCN(c2nc(C)c3ccccc3n2)CC1. The number of hydrogen-bond acceptors (Lipinski definition) is 5. The van der Waals surface area contributed by atoms with E-state index in [0.717, 1.165) is 48.5 Å². The number of amides is 1. The third-order valence-corrected chi connectivity index (χ3v) is 4.97. The van der Waals surface area contributed by atoms with Crippen molar-refractivity contribution < 1.29 is 9.90 Å². The van der Waals surface area contributed by atoms with Gasteiger partial charge in [0.25, 0.3) is 0 Å². The van der Waals surface area contributed by atoms with Crippen LogP contribution in [0.3, 0.4) is 0 Å². The van der Waals surface area contributed by atoms with Crippen molar-refractivity contribution in [1.29, 1.82) is 0 Å². The van der Waals surface area contributed by atoms with E-state index in [4.69, 9.17) is 10.1 Å². The molecular formula is C19H26N4O2. The Morgan fingerprint density at radius 1 is 1.28 bits per heavy atom. The Labute approximate surface area is 148 Å². The topological polar surface area (TPSA) is 69.6 Å². The van der Waals surface area contributed by atoms with Crippen LogP contribution in [-0.4, -0.2) is 58.7 Å². The third-order valence-electron chi connectivity index (χ3n) is 4.97. The molecule has 2 aromatic rings. The summed E-state index contributed by atoms with van der Waals surface area (Å²) in [5, 5.41) is 10.2. The van der Waals surface area contributed by atoms with Gasteiger partial charge in [-0.05, 0) is 32.8 Å². The van der Waals surface area contributed by atoms with E-state index in [1.807, 2.05) is 38.1 Å². The molecule has 134 valence electrons. The highest BCUT2D eigenvalue weighted by atomic mass is 16.3. The highest BCUT2D eigenvalue weighted by Gasteiger charge is 2.29. The van der Waals surface area contributed by atoms with Crippen molar-refractivity contribution >= 4 is 22.8 Å². The Bertz CT molecular complexity index is 741. The van der Waals surface area contributed by atoms with Gasteiger partial charge in [-0.15, -0.1) is 0 Å². The molecule has 1 aliphatic heterocycles. The summed E-state index contributed by atoms with van der Waals surface area (Å²) in [6.07, 6.45) is 1.60. The zero-order valence-electron chi connectivity index (χ0n) is 15.0. The van der Waals surface area contributed by atoms with E-state index >= 15 is 0 Å². The maximum atomic E-state index is 12.6. The first-order valence-electron chi connectivity index (χ1n) is 9.02. The lowest BCUT2D eigenvalue weighted by Gasteiger charge is -2.34. The fourth-order valence-electron chi connectivity index (χ4n) is 3.49. The summed E-state index contributed by atoms with van der Waals surface area (Å²) in [5.74, 6) is 0.945. The molecule has 1 aromatic carbocycles. The predicted molar refractivity (Wildman–Crippen MR) is 98.6 cm³/mol. The van der Waals surface area contributed by atoms with Crippen molar-refractivity contribution in [2.24, 2.45) is 5.92 Å². The lowest BCUT2D eigenvalue weighted by Crippen LogP contribution is -2.43. The van der Waals surface area contributed by atoms with Crippen molar-refractivity contribution in [3.8, 4) is 0 Å². The number of carbonyl (C=O) groups excluding carboxylic acids is 1. The number of anilines is 1. The van der Waals surface area contributed by atoms with Gasteiger partial charge in [-0.2, -0.15) is 0 Å². The second-order valence-electron chi connectivity index (χ2n) is 6.53. The van der Waals surface area contributed by atoms with Crippen LogP contribution >= 0.6 is 0 Å². The molecule has 1 amide bonds. The van der Waals surface area contributed by atoms with E-state index < -0.39 is 0 Å². The molecule has 6 heteroatoms. The summed E-state index contributed by atoms with van der Waals surface area (Å²) in [6.45, 7) is 6.61. The molecule has 0 saturated carbocycles. The van der Waals surface area contributed by atoms with Crippen LogP contribution in [0.15, 0.2) is 24.3 Å². The van der Waals surface area contributed by atoms with Crippen LogP contribution in [-0.2, 0) is 4.79 Å². The van der Waals surface area contributed by atoms with Crippen LogP contribution in [0.4, 0.5) is 5.95 Å². The van der Waals surface area contributed by atoms with Crippen molar-refractivity contribution in [3.05, 3.63) is 30.0 Å². The average molecular weight is 342 g/mol. The first kappa shape index (κ1) is 17.6. The van der Waals surface area contributed by atoms with Gasteiger partial charge in [-0.3, -0.25) is 4.79 Å². The Morgan fingerprint density at radius 2 is 2.00 bits per heavy atom. The molecular weight excluding hydrogens is 316 g/mol. The van der Waals surface area contributed by atoms with Crippen LogP contribution < -0.4 is 4.90 Å². The Morgan fingerprint density at radius 3 is 2.68 bits per heavy atom. The molecule has 0 radical (unpaired) electrons. The summed E-state index contributed by atoms with van der Waals surface area (Å²) < 4.78 is 0. The molecule has 25 heavy (non-hydrogen) atoms. The number of fused-ring (bicyclic) bond motifs is 1. The first-order valence-corrected chi connectivity index (χ1v) is 9.02. The monoisotopic (exact) mass is 342 g/mol. The smallest absolute Gasteiger partial charge is 0.226 e. The average Bonchev–Trinajstić information content (AvgIpc) is 2.65. The first-order chi connectivity index (χ1) is 12.1. The second-order valence-corrected chi connectivity index (χ2v) is 6.53. The molecule has 1 N–H and O–H groups in total. The van der Waals surface area contributed by atoms with E-state index in [1.165, 1.54) is 0 Å². The number of para-hydroxylation sites is 1. The molecule has 6 nitrogen and oxygen atoms in total. The number of aliphatic hydroxyl groups is 1. The van der Waals surface area contributed by atoms with Gasteiger partial charge in [0.2, 0.25) is 11.9 Å². The molecule has 1 aromatic heterocycles. The van der Waals surface area contributed by atoms with Crippen molar-refractivity contribution in [2.75, 3.05) is 37.7 Å². The number of aliphatic hydroxyl groups excluding tert-OH is 1. The van der Waals surface area contributed by atoms with Crippen LogP contribution in [0.25, 0.3) is 10.9 Å². The minimum atomic E-state index is 0.0165. The summed E-state index contributed by atoms with van der Waals surface area (Å²) in [5.41, 5.74) is 1.95. The number of rotatable bonds is 5. The minimum absolute atomic E-state index is 0.0165. The zero-order chi connectivity index (χ0) is 17.8. The van der Waals surface area contributed by atoms with Gasteiger partial charge in [0.15, 0.2) is 0 Å². The standard InChI is InChI=1S/C19H26N4O2/c1-3-22(12-13-24)18(25)15-8-10-23(11-9-15)19-20-14(2)16-6-4-5-7-17(16)21-19/h4-7,15,24H,3,8-13H2,1-2H3. The normalized spacial score (nSPS) is 15.6. The quantitative estimate of drug-likeness (QED) is 0.900. The molecule has 3 rings (SSSR count). The van der Waals surface area contributed by atoms with Crippen LogP contribution in [0, 0.1) is 12.8 Å². The lowest BCUT2D eigenvalue weighted by molar-refractivity contribution is -0.136. The highest BCUT2D eigenvalue weighted by molar-refractivity contribution is 5.82. The lowest BCUT2D eigenvalue weighted by atomic mass is 9.95. The number of hydrogen-bond donors (Lipinski definition) is 1. The van der Waals surface area contributed by atoms with Gasteiger partial charge < -0.3 is 14.9 Å². The largest absolute Gasteiger partial charge is 0.395 e. The van der Waals surface area contributed by atoms with E-state index in [9.17, 15) is 4.79 Å². The number of benzene rings is 1. The van der Waals surface area contributed by atoms with Crippen LogP contribution in [0.2, 0.25) is 0 Å². The molecule has 1 fully saturated rings. The zero-order valence-corrected chi connectivity index (χ0v) is 15.0. The predicted octanol–water partition coefficient (Wildman–Crippen LogP) is 2.00. The van der Waals surface area contributed by atoms with E-state index in [1.54, 1.807) is 4.90 Å². The van der Waals surface area contributed by atoms with Crippen LogP contribution in [0.5, 0.6) is 0 Å². The minimum Gasteiger partial charge on any atom is -0.395 e. The summed E-state index contributed by atoms with van der Waals surface area (Å²) in [6, 6.07) is 8.04. The summed E-state index contributed by atoms with van der Waals surface area (Å²) >= 11 is 0. The maximum Gasteiger partial charge on any atom is 0.226 e. The molecule has 1 aliphatic rings. The third kappa shape index (κ3) is 3.74. The van der Waals surface area contributed by atoms with Gasteiger partial charge in [0.1, 0.15) is 0 Å². The van der Waals surface area contributed by atoms with E-state index in [2.05, 4.69) is 9.88 Å². The Kier molecular flexibility index (Phi) is 5.48. The van der Waals surface area contributed by atoms with Crippen molar-refractivity contribution in [3.63, 3.8) is 0 Å². The molecule has 0 aliphatic carbocycles. The molecule has 0 spiro atoms. The molecule has 0 atom stereocenters. The van der Waals surface area contributed by atoms with Gasteiger partial charge in [0, 0.05) is 37.5 Å². The Balaban J connectivity index is 1.69. The van der Waals surface area contributed by atoms with Crippen molar-refractivity contribution in [2.45, 2.75) is 26.7 Å². The number of aryl methyl sites for hydroxylation is 1. The highest BCUT2D eigenvalue weighted by Crippen LogP contribution is 2.25. The second kappa shape index (κ2) is 7.78. The number of likely N-dealkylation sites (N-methyl/N-ethyl adjacent to an activating group) is 1. The Hall–Kier alpha value is -2.21. The fraction of sp³-hybridized carbons (Fsp3) is 0.526. The molecule has 0 unspecified atom stereocenters. The number of piperidine rings is 1. The number of aromatic nitrogens is 2. The van der Waals surface area contributed by atoms with Gasteiger partial charge >= 0.3 is 0 Å². The molecule has 0 bridgehead atoms. The van der Waals surface area contributed by atoms with Crippen LogP contribution in [0.1, 0.15) is 25.5 Å². The summed E-state index contributed by atoms with van der Waals surface area (Å²) in [4.78, 5) is 25.8. The summed E-state index contributed by atoms with van der Waals surface area (Å²) in [7, 11) is 0. The van der Waals surface area contributed by atoms with Crippen molar-refractivity contribution in [1.82, 2.24) is 14.9 Å².